The van der Waals surface area contributed by atoms with Crippen molar-refractivity contribution in [3.8, 4) is 0 Å². The van der Waals surface area contributed by atoms with Gasteiger partial charge in [-0.05, 0) is 27.1 Å². The van der Waals surface area contributed by atoms with Gasteiger partial charge >= 0.3 is 0 Å². The highest BCUT2D eigenvalue weighted by Gasteiger charge is 1.86. The van der Waals surface area contributed by atoms with Crippen LogP contribution in [-0.4, -0.2) is 38.1 Å². The van der Waals surface area contributed by atoms with Crippen LogP contribution in [0.25, 0.3) is 0 Å². The number of hydrogen-bond donors (Lipinski definition) is 0. The molecule has 0 aliphatic rings. The number of aliphatic imine (C=N–C) groups is 2. The zero-order valence-electron chi connectivity index (χ0n) is 7.66. The Labute approximate surface area is 80.3 Å². The van der Waals surface area contributed by atoms with Gasteiger partial charge in [0.25, 0.3) is 0 Å². The Kier molecular flexibility index (Phi) is 12.0. The Balaban J connectivity index is 0. The molecule has 0 aromatic rings. The lowest BCUT2D eigenvalue weighted by molar-refractivity contribution is 0.403. The van der Waals surface area contributed by atoms with Gasteiger partial charge in [0.1, 0.15) is 0 Å². The molecular formula is C8H16ClN3. The Morgan fingerprint density at radius 2 is 2.17 bits per heavy atom. The summed E-state index contributed by atoms with van der Waals surface area (Å²) in [6.07, 6.45) is 2.47. The van der Waals surface area contributed by atoms with Crippen LogP contribution in [0.15, 0.2) is 22.8 Å². The fourth-order valence-corrected chi connectivity index (χ4v) is 0.598. The van der Waals surface area contributed by atoms with Crippen LogP contribution in [0, 0.1) is 0 Å². The van der Waals surface area contributed by atoms with Crippen molar-refractivity contribution in [2.24, 2.45) is 9.98 Å². The molecule has 3 nitrogen and oxygen atoms in total. The molecule has 0 atom stereocenters. The van der Waals surface area contributed by atoms with Gasteiger partial charge < -0.3 is 4.90 Å². The van der Waals surface area contributed by atoms with E-state index in [2.05, 4.69) is 27.5 Å². The Hall–Kier alpha value is -0.630. The van der Waals surface area contributed by atoms with Gasteiger partial charge in [0.15, 0.2) is 0 Å². The summed E-state index contributed by atoms with van der Waals surface area (Å²) >= 11 is 0. The lowest BCUT2D eigenvalue weighted by atomic mass is 10.4. The zero-order valence-corrected chi connectivity index (χ0v) is 8.47. The van der Waals surface area contributed by atoms with Crippen molar-refractivity contribution in [3.63, 3.8) is 0 Å². The maximum Gasteiger partial charge on any atom is 0.0942 e. The van der Waals surface area contributed by atoms with Gasteiger partial charge in [0.2, 0.25) is 0 Å². The summed E-state index contributed by atoms with van der Waals surface area (Å²) in [5.74, 6) is 0. The summed E-state index contributed by atoms with van der Waals surface area (Å²) in [7, 11) is 4.09. The van der Waals surface area contributed by atoms with Crippen molar-refractivity contribution in [1.82, 2.24) is 4.90 Å². The van der Waals surface area contributed by atoms with Crippen LogP contribution in [0.4, 0.5) is 0 Å². The first-order chi connectivity index (χ1) is 5.27. The molecule has 12 heavy (non-hydrogen) atoms. The molecule has 0 amide bonds. The van der Waals surface area contributed by atoms with E-state index in [-0.39, 0.29) is 12.4 Å². The van der Waals surface area contributed by atoms with E-state index in [1.54, 1.807) is 0 Å². The molecule has 0 aromatic heterocycles. The van der Waals surface area contributed by atoms with Crippen molar-refractivity contribution in [1.29, 1.82) is 0 Å². The third-order valence-electron chi connectivity index (χ3n) is 1.09. The molecule has 4 heteroatoms. The Morgan fingerprint density at radius 1 is 1.50 bits per heavy atom. The molecule has 0 N–H and O–H groups in total. The van der Waals surface area contributed by atoms with Gasteiger partial charge in [-0.1, -0.05) is 6.58 Å². The second-order valence-corrected chi connectivity index (χ2v) is 2.45. The maximum atomic E-state index is 3.92. The molecule has 0 aliphatic carbocycles. The van der Waals surface area contributed by atoms with E-state index in [1.807, 2.05) is 14.1 Å². The SMILES string of the molecule is C=CN=C=NCCCN(C)C.Cl. The van der Waals surface area contributed by atoms with E-state index >= 15 is 0 Å². The van der Waals surface area contributed by atoms with Crippen molar-refractivity contribution in [2.75, 3.05) is 27.2 Å². The first-order valence-corrected chi connectivity index (χ1v) is 3.64. The summed E-state index contributed by atoms with van der Waals surface area (Å²) in [5, 5.41) is 0. The number of hydrogen-bond acceptors (Lipinski definition) is 3. The lowest BCUT2D eigenvalue weighted by Crippen LogP contribution is -2.13. The van der Waals surface area contributed by atoms with Crippen LogP contribution in [0.3, 0.4) is 0 Å². The molecule has 0 aliphatic heterocycles. The van der Waals surface area contributed by atoms with E-state index in [4.69, 9.17) is 0 Å². The van der Waals surface area contributed by atoms with Gasteiger partial charge in [-0.25, -0.2) is 4.99 Å². The van der Waals surface area contributed by atoms with Crippen molar-refractivity contribution in [3.05, 3.63) is 12.8 Å². The number of halogens is 1. The summed E-state index contributed by atoms with van der Waals surface area (Å²) in [6, 6.07) is 2.52. The Bertz CT molecular complexity index is 160. The van der Waals surface area contributed by atoms with Crippen LogP contribution >= 0.6 is 12.4 Å². The molecule has 0 heterocycles. The first kappa shape index (κ1) is 13.9. The van der Waals surface area contributed by atoms with Gasteiger partial charge in [-0.2, -0.15) is 4.99 Å². The molecule has 0 radical (unpaired) electrons. The predicted octanol–water partition coefficient (Wildman–Crippen LogP) is 1.68. The highest BCUT2D eigenvalue weighted by molar-refractivity contribution is 5.85. The highest BCUT2D eigenvalue weighted by Crippen LogP contribution is 1.82. The van der Waals surface area contributed by atoms with Crippen LogP contribution in [0.2, 0.25) is 0 Å². The standard InChI is InChI=1S/C8H15N3.ClH/c1-4-9-8-10-6-5-7-11(2)3;/h4H,1,5-7H2,2-3H3;1H. The molecule has 0 bridgehead atoms. The Morgan fingerprint density at radius 3 is 2.67 bits per heavy atom. The molecule has 0 saturated carbocycles. The van der Waals surface area contributed by atoms with Crippen LogP contribution < -0.4 is 0 Å². The maximum absolute atomic E-state index is 3.92. The fraction of sp³-hybridized carbons (Fsp3) is 0.625. The van der Waals surface area contributed by atoms with E-state index in [0.717, 1.165) is 19.5 Å². The molecule has 0 rings (SSSR count). The van der Waals surface area contributed by atoms with E-state index in [0.29, 0.717) is 0 Å². The van der Waals surface area contributed by atoms with E-state index in [9.17, 15) is 0 Å². The normalized spacial score (nSPS) is 8.25. The topological polar surface area (TPSA) is 28.0 Å². The van der Waals surface area contributed by atoms with Gasteiger partial charge in [-0.3, -0.25) is 0 Å². The molecular weight excluding hydrogens is 174 g/mol. The zero-order chi connectivity index (χ0) is 8.53. The fourth-order valence-electron chi connectivity index (χ4n) is 0.598. The van der Waals surface area contributed by atoms with E-state index < -0.39 is 0 Å². The minimum Gasteiger partial charge on any atom is -0.309 e. The molecule has 0 spiro atoms. The minimum atomic E-state index is 0. The third kappa shape index (κ3) is 12.1. The second kappa shape index (κ2) is 10.4. The number of rotatable bonds is 5. The van der Waals surface area contributed by atoms with Crippen LogP contribution in [0.5, 0.6) is 0 Å². The van der Waals surface area contributed by atoms with Crippen LogP contribution in [-0.2, 0) is 0 Å². The summed E-state index contributed by atoms with van der Waals surface area (Å²) in [4.78, 5) is 9.67. The van der Waals surface area contributed by atoms with Crippen molar-refractivity contribution >= 4 is 18.4 Å². The molecule has 70 valence electrons. The first-order valence-electron chi connectivity index (χ1n) is 3.64. The molecule has 0 unspecified atom stereocenters. The number of nitrogens with zero attached hydrogens (tertiary/aromatic N) is 3. The monoisotopic (exact) mass is 189 g/mol. The summed E-state index contributed by atoms with van der Waals surface area (Å²) in [6.45, 7) is 5.25. The minimum absolute atomic E-state index is 0. The quantitative estimate of drug-likeness (QED) is 0.478. The average Bonchev–Trinajstić information content (AvgIpc) is 1.96. The summed E-state index contributed by atoms with van der Waals surface area (Å²) in [5.41, 5.74) is 0. The average molecular weight is 190 g/mol. The predicted molar refractivity (Wildman–Crippen MR) is 55.3 cm³/mol. The molecule has 0 fully saturated rings. The van der Waals surface area contributed by atoms with Crippen LogP contribution in [0.1, 0.15) is 6.42 Å². The molecule has 0 saturated heterocycles. The third-order valence-corrected chi connectivity index (χ3v) is 1.09. The second-order valence-electron chi connectivity index (χ2n) is 2.45. The van der Waals surface area contributed by atoms with Gasteiger partial charge in [0.05, 0.1) is 12.6 Å². The highest BCUT2D eigenvalue weighted by atomic mass is 35.5. The van der Waals surface area contributed by atoms with Crippen molar-refractivity contribution in [2.45, 2.75) is 6.42 Å². The van der Waals surface area contributed by atoms with Gasteiger partial charge in [0, 0.05) is 6.20 Å². The molecule has 0 aromatic carbocycles. The summed E-state index contributed by atoms with van der Waals surface area (Å²) < 4.78 is 0. The largest absolute Gasteiger partial charge is 0.309 e. The van der Waals surface area contributed by atoms with Gasteiger partial charge in [-0.15, -0.1) is 12.4 Å². The van der Waals surface area contributed by atoms with Crippen molar-refractivity contribution < 1.29 is 0 Å². The van der Waals surface area contributed by atoms with E-state index in [1.165, 1.54) is 6.20 Å². The smallest absolute Gasteiger partial charge is 0.0942 e. The lowest BCUT2D eigenvalue weighted by Gasteiger charge is -2.05.